The molecule has 21 heavy (non-hydrogen) atoms. The fourth-order valence-corrected chi connectivity index (χ4v) is 3.56. The van der Waals surface area contributed by atoms with E-state index >= 15 is 0 Å². The average molecular weight is 286 g/mol. The molecule has 0 N–H and O–H groups in total. The molecule has 0 radical (unpaired) electrons. The lowest BCUT2D eigenvalue weighted by Gasteiger charge is -2.26. The summed E-state index contributed by atoms with van der Waals surface area (Å²) in [6.07, 6.45) is 6.39. The largest absolute Gasteiger partial charge is 0.339 e. The minimum atomic E-state index is -0.267. The summed E-state index contributed by atoms with van der Waals surface area (Å²) in [7, 11) is 0. The number of likely N-dealkylation sites (tertiary alicyclic amines) is 1. The van der Waals surface area contributed by atoms with Crippen molar-refractivity contribution in [3.63, 3.8) is 0 Å². The van der Waals surface area contributed by atoms with Gasteiger partial charge >= 0.3 is 0 Å². The van der Waals surface area contributed by atoms with Crippen LogP contribution in [0.3, 0.4) is 0 Å². The molecule has 1 aromatic rings. The molecule has 0 aromatic carbocycles. The third-order valence-electron chi connectivity index (χ3n) is 4.85. The number of rotatable bonds is 3. The van der Waals surface area contributed by atoms with E-state index in [0.717, 1.165) is 37.6 Å². The van der Waals surface area contributed by atoms with Crippen molar-refractivity contribution >= 4 is 11.9 Å². The lowest BCUT2D eigenvalue weighted by atomic mass is 9.78. The zero-order chi connectivity index (χ0) is 15.0. The third kappa shape index (κ3) is 2.20. The summed E-state index contributed by atoms with van der Waals surface area (Å²) < 4.78 is 0. The van der Waals surface area contributed by atoms with Gasteiger partial charge in [0.25, 0.3) is 0 Å². The Morgan fingerprint density at radius 3 is 2.86 bits per heavy atom. The van der Waals surface area contributed by atoms with Gasteiger partial charge < -0.3 is 9.80 Å². The monoisotopic (exact) mass is 286 g/mol. The Morgan fingerprint density at radius 2 is 2.19 bits per heavy atom. The van der Waals surface area contributed by atoms with Crippen molar-refractivity contribution < 1.29 is 4.79 Å². The van der Waals surface area contributed by atoms with Crippen LogP contribution in [0.15, 0.2) is 25.0 Å². The summed E-state index contributed by atoms with van der Waals surface area (Å²) >= 11 is 0. The highest BCUT2D eigenvalue weighted by Gasteiger charge is 2.55. The quantitative estimate of drug-likeness (QED) is 0.793. The van der Waals surface area contributed by atoms with Crippen molar-refractivity contribution in [3.05, 3.63) is 30.6 Å². The van der Waals surface area contributed by atoms with Gasteiger partial charge in [-0.15, -0.1) is 6.58 Å². The highest BCUT2D eigenvalue weighted by molar-refractivity contribution is 5.86. The van der Waals surface area contributed by atoms with Crippen LogP contribution in [0.4, 0.5) is 5.95 Å². The van der Waals surface area contributed by atoms with Gasteiger partial charge in [0.15, 0.2) is 0 Å². The van der Waals surface area contributed by atoms with Gasteiger partial charge in [0.1, 0.15) is 0 Å². The van der Waals surface area contributed by atoms with Crippen molar-refractivity contribution in [1.29, 1.82) is 0 Å². The van der Waals surface area contributed by atoms with Crippen molar-refractivity contribution in [2.75, 3.05) is 31.1 Å². The highest BCUT2D eigenvalue weighted by atomic mass is 16.2. The molecule has 5 heteroatoms. The number of amides is 1. The smallest absolute Gasteiger partial charge is 0.231 e. The number of hydrogen-bond acceptors (Lipinski definition) is 4. The Labute approximate surface area is 125 Å². The maximum absolute atomic E-state index is 12.8. The maximum atomic E-state index is 12.8. The van der Waals surface area contributed by atoms with Crippen molar-refractivity contribution in [2.45, 2.75) is 20.3 Å². The van der Waals surface area contributed by atoms with Crippen LogP contribution in [-0.2, 0) is 4.79 Å². The molecule has 2 fully saturated rings. The van der Waals surface area contributed by atoms with Gasteiger partial charge in [0.05, 0.1) is 5.41 Å². The molecule has 1 aromatic heterocycles. The van der Waals surface area contributed by atoms with E-state index in [1.165, 1.54) is 0 Å². The Hall–Kier alpha value is -1.91. The van der Waals surface area contributed by atoms with Gasteiger partial charge in [-0.25, -0.2) is 9.97 Å². The van der Waals surface area contributed by atoms with Gasteiger partial charge in [0, 0.05) is 38.6 Å². The zero-order valence-electron chi connectivity index (χ0n) is 12.7. The van der Waals surface area contributed by atoms with Gasteiger partial charge in [-0.2, -0.15) is 0 Å². The first-order valence-electron chi connectivity index (χ1n) is 7.51. The lowest BCUT2D eigenvalue weighted by Crippen LogP contribution is -2.39. The summed E-state index contributed by atoms with van der Waals surface area (Å²) in [5.74, 6) is 1.33. The van der Waals surface area contributed by atoms with E-state index in [-0.39, 0.29) is 11.3 Å². The molecule has 2 saturated heterocycles. The molecule has 3 rings (SSSR count). The van der Waals surface area contributed by atoms with E-state index in [4.69, 9.17) is 0 Å². The topological polar surface area (TPSA) is 49.3 Å². The molecule has 2 aliphatic heterocycles. The van der Waals surface area contributed by atoms with Crippen LogP contribution in [0.1, 0.15) is 18.9 Å². The van der Waals surface area contributed by atoms with E-state index in [1.54, 1.807) is 6.08 Å². The molecule has 0 aliphatic carbocycles. The maximum Gasteiger partial charge on any atom is 0.231 e. The summed E-state index contributed by atoms with van der Waals surface area (Å²) in [5, 5.41) is 0. The zero-order valence-corrected chi connectivity index (χ0v) is 12.7. The second-order valence-electron chi connectivity index (χ2n) is 6.29. The predicted molar refractivity (Wildman–Crippen MR) is 82.0 cm³/mol. The number of nitrogens with zero attached hydrogens (tertiary/aromatic N) is 4. The Kier molecular flexibility index (Phi) is 3.43. The number of carbonyl (C=O) groups excluding carboxylic acids is 1. The molecular weight excluding hydrogens is 264 g/mol. The van der Waals surface area contributed by atoms with Crippen LogP contribution in [0.5, 0.6) is 0 Å². The predicted octanol–water partition coefficient (Wildman–Crippen LogP) is 1.65. The SMILES string of the molecule is C=CCN1CC[C@@]2(CN(c3ncc(C)cn3)C[C@@H]2C)C1=O. The number of aryl methyl sites for hydroxylation is 1. The molecule has 2 atom stereocenters. The van der Waals surface area contributed by atoms with Gasteiger partial charge in [-0.1, -0.05) is 13.0 Å². The van der Waals surface area contributed by atoms with Crippen LogP contribution >= 0.6 is 0 Å². The fraction of sp³-hybridized carbons (Fsp3) is 0.562. The Bertz CT molecular complexity index is 556. The molecule has 112 valence electrons. The number of aromatic nitrogens is 2. The van der Waals surface area contributed by atoms with Crippen LogP contribution < -0.4 is 4.90 Å². The van der Waals surface area contributed by atoms with E-state index in [1.807, 2.05) is 24.2 Å². The normalized spacial score (nSPS) is 28.7. The standard InChI is InChI=1S/C16H22N4O/c1-4-6-19-7-5-16(14(19)21)11-20(10-13(16)3)15-17-8-12(2)9-18-15/h4,8-9,13H,1,5-7,10-11H2,2-3H3/t13-,16-/m0/s1. The van der Waals surface area contributed by atoms with Crippen molar-refractivity contribution in [1.82, 2.24) is 14.9 Å². The molecule has 2 aliphatic rings. The van der Waals surface area contributed by atoms with Crippen LogP contribution in [-0.4, -0.2) is 47.0 Å². The summed E-state index contributed by atoms with van der Waals surface area (Å²) in [5.41, 5.74) is 0.784. The highest BCUT2D eigenvalue weighted by Crippen LogP contribution is 2.45. The third-order valence-corrected chi connectivity index (χ3v) is 4.85. The molecular formula is C16H22N4O. The number of hydrogen-bond donors (Lipinski definition) is 0. The minimum absolute atomic E-state index is 0.267. The Balaban J connectivity index is 1.81. The first-order chi connectivity index (χ1) is 10.1. The molecule has 0 unspecified atom stereocenters. The number of carbonyl (C=O) groups is 1. The summed E-state index contributed by atoms with van der Waals surface area (Å²) in [6.45, 7) is 10.9. The number of anilines is 1. The second-order valence-corrected chi connectivity index (χ2v) is 6.29. The van der Waals surface area contributed by atoms with E-state index in [9.17, 15) is 4.79 Å². The molecule has 5 nitrogen and oxygen atoms in total. The van der Waals surface area contributed by atoms with Crippen LogP contribution in [0.2, 0.25) is 0 Å². The minimum Gasteiger partial charge on any atom is -0.339 e. The van der Waals surface area contributed by atoms with Crippen molar-refractivity contribution in [3.8, 4) is 0 Å². The average Bonchev–Trinajstić information content (AvgIpc) is 2.96. The summed E-state index contributed by atoms with van der Waals surface area (Å²) in [4.78, 5) is 25.7. The van der Waals surface area contributed by atoms with E-state index in [0.29, 0.717) is 12.5 Å². The van der Waals surface area contributed by atoms with Gasteiger partial charge in [-0.3, -0.25) is 4.79 Å². The fourth-order valence-electron chi connectivity index (χ4n) is 3.56. The van der Waals surface area contributed by atoms with Gasteiger partial charge in [-0.05, 0) is 24.8 Å². The molecule has 0 bridgehead atoms. The van der Waals surface area contributed by atoms with Crippen LogP contribution in [0.25, 0.3) is 0 Å². The molecule has 1 spiro atoms. The lowest BCUT2D eigenvalue weighted by molar-refractivity contribution is -0.136. The first-order valence-corrected chi connectivity index (χ1v) is 7.51. The summed E-state index contributed by atoms with van der Waals surface area (Å²) in [6, 6.07) is 0. The first kappa shape index (κ1) is 14.0. The van der Waals surface area contributed by atoms with Crippen molar-refractivity contribution in [2.24, 2.45) is 11.3 Å². The Morgan fingerprint density at radius 1 is 1.48 bits per heavy atom. The van der Waals surface area contributed by atoms with E-state index in [2.05, 4.69) is 28.4 Å². The molecule has 0 saturated carbocycles. The van der Waals surface area contributed by atoms with E-state index < -0.39 is 0 Å². The van der Waals surface area contributed by atoms with Gasteiger partial charge in [0.2, 0.25) is 11.9 Å². The van der Waals surface area contributed by atoms with Crippen LogP contribution in [0, 0.1) is 18.3 Å². The molecule has 3 heterocycles. The second kappa shape index (κ2) is 5.13. The molecule has 1 amide bonds.